The lowest BCUT2D eigenvalue weighted by Gasteiger charge is -2.04. The van der Waals surface area contributed by atoms with Gasteiger partial charge in [-0.15, -0.1) is 0 Å². The van der Waals surface area contributed by atoms with Crippen LogP contribution in [0.2, 0.25) is 0 Å². The molecule has 1 amide bonds. The minimum Gasteiger partial charge on any atom is -0.361 e. The van der Waals surface area contributed by atoms with Gasteiger partial charge in [-0.3, -0.25) is 4.79 Å². The molecule has 0 fully saturated rings. The number of benzene rings is 1. The van der Waals surface area contributed by atoms with Crippen molar-refractivity contribution in [3.63, 3.8) is 0 Å². The lowest BCUT2D eigenvalue weighted by atomic mass is 10.1. The van der Waals surface area contributed by atoms with E-state index in [0.29, 0.717) is 12.1 Å². The molecule has 0 saturated carbocycles. The van der Waals surface area contributed by atoms with E-state index < -0.39 is 0 Å². The summed E-state index contributed by atoms with van der Waals surface area (Å²) in [4.78, 5) is 22.7. The molecule has 0 aliphatic carbocycles. The smallest absolute Gasteiger partial charge is 0.254 e. The predicted octanol–water partition coefficient (Wildman–Crippen LogP) is 2.32. The maximum absolute atomic E-state index is 11.8. The first-order valence-corrected chi connectivity index (χ1v) is 6.93. The molecular formula is C16H16N4O. The summed E-state index contributed by atoms with van der Waals surface area (Å²) in [5.41, 5.74) is 2.92. The van der Waals surface area contributed by atoms with Gasteiger partial charge in [-0.1, -0.05) is 18.2 Å². The normalized spacial score (nSPS) is 10.7. The van der Waals surface area contributed by atoms with E-state index in [1.807, 2.05) is 18.3 Å². The number of rotatable bonds is 5. The number of aryl methyl sites for hydroxylation is 1. The summed E-state index contributed by atoms with van der Waals surface area (Å²) in [7, 11) is 0. The van der Waals surface area contributed by atoms with E-state index in [-0.39, 0.29) is 5.91 Å². The fourth-order valence-electron chi connectivity index (χ4n) is 2.34. The molecule has 0 spiro atoms. The predicted molar refractivity (Wildman–Crippen MR) is 81.0 cm³/mol. The van der Waals surface area contributed by atoms with E-state index in [0.717, 1.165) is 18.4 Å². The molecule has 0 bridgehead atoms. The summed E-state index contributed by atoms with van der Waals surface area (Å²) in [5.74, 6) is -0.130. The molecule has 5 nitrogen and oxygen atoms in total. The molecule has 2 N–H and O–H groups in total. The standard InChI is InChI=1S/C16H16N4O/c21-16(13-8-17-11-18-9-13)19-7-3-4-12-10-20-15-6-2-1-5-14(12)15/h1-2,5-6,8-11,20H,3-4,7H2,(H,19,21). The summed E-state index contributed by atoms with van der Waals surface area (Å²) in [6.07, 6.45) is 8.30. The van der Waals surface area contributed by atoms with E-state index in [1.165, 1.54) is 29.7 Å². The molecule has 0 radical (unpaired) electrons. The molecule has 0 unspecified atom stereocenters. The average molecular weight is 280 g/mol. The van der Waals surface area contributed by atoms with Crippen LogP contribution in [-0.4, -0.2) is 27.4 Å². The topological polar surface area (TPSA) is 70.7 Å². The first kappa shape index (κ1) is 13.3. The second-order valence-electron chi connectivity index (χ2n) is 4.85. The van der Waals surface area contributed by atoms with E-state index in [9.17, 15) is 4.79 Å². The van der Waals surface area contributed by atoms with Crippen LogP contribution in [0.15, 0.2) is 49.2 Å². The lowest BCUT2D eigenvalue weighted by molar-refractivity contribution is 0.0952. The number of amides is 1. The van der Waals surface area contributed by atoms with Crippen molar-refractivity contribution in [2.45, 2.75) is 12.8 Å². The Labute approximate surface area is 122 Å². The molecule has 5 heteroatoms. The Morgan fingerprint density at radius 2 is 2.00 bits per heavy atom. The molecule has 3 aromatic rings. The van der Waals surface area contributed by atoms with Crippen LogP contribution < -0.4 is 5.32 Å². The van der Waals surface area contributed by atoms with Crippen LogP contribution in [-0.2, 0) is 6.42 Å². The van der Waals surface area contributed by atoms with Crippen LogP contribution in [0.1, 0.15) is 22.3 Å². The van der Waals surface area contributed by atoms with Crippen molar-refractivity contribution < 1.29 is 4.79 Å². The van der Waals surface area contributed by atoms with Crippen molar-refractivity contribution in [2.24, 2.45) is 0 Å². The summed E-state index contributed by atoms with van der Waals surface area (Å²) < 4.78 is 0. The fourth-order valence-corrected chi connectivity index (χ4v) is 2.34. The number of fused-ring (bicyclic) bond motifs is 1. The molecule has 0 aliphatic heterocycles. The van der Waals surface area contributed by atoms with Crippen molar-refractivity contribution in [1.29, 1.82) is 0 Å². The number of hydrogen-bond donors (Lipinski definition) is 2. The van der Waals surface area contributed by atoms with Gasteiger partial charge in [0.15, 0.2) is 0 Å². The maximum Gasteiger partial charge on any atom is 0.254 e. The highest BCUT2D eigenvalue weighted by molar-refractivity contribution is 5.93. The zero-order chi connectivity index (χ0) is 14.5. The minimum atomic E-state index is -0.130. The number of H-pyrrole nitrogens is 1. The van der Waals surface area contributed by atoms with Crippen LogP contribution in [0.5, 0.6) is 0 Å². The van der Waals surface area contributed by atoms with E-state index >= 15 is 0 Å². The van der Waals surface area contributed by atoms with Crippen LogP contribution in [0, 0.1) is 0 Å². The van der Waals surface area contributed by atoms with Crippen LogP contribution in [0.25, 0.3) is 10.9 Å². The number of carbonyl (C=O) groups excluding carboxylic acids is 1. The summed E-state index contributed by atoms with van der Waals surface area (Å²) in [5, 5.41) is 4.13. The zero-order valence-corrected chi connectivity index (χ0v) is 11.5. The Morgan fingerprint density at radius 1 is 1.19 bits per heavy atom. The maximum atomic E-state index is 11.8. The number of nitrogens with one attached hydrogen (secondary N) is 2. The third-order valence-corrected chi connectivity index (χ3v) is 3.41. The quantitative estimate of drug-likeness (QED) is 0.705. The second-order valence-corrected chi connectivity index (χ2v) is 4.85. The van der Waals surface area contributed by atoms with Crippen LogP contribution in [0.4, 0.5) is 0 Å². The fraction of sp³-hybridized carbons (Fsp3) is 0.188. The molecular weight excluding hydrogens is 264 g/mol. The molecule has 0 atom stereocenters. The number of hydrogen-bond acceptors (Lipinski definition) is 3. The van der Waals surface area contributed by atoms with Gasteiger partial charge in [0.1, 0.15) is 6.33 Å². The summed E-state index contributed by atoms with van der Waals surface area (Å²) in [6.45, 7) is 0.632. The Morgan fingerprint density at radius 3 is 2.86 bits per heavy atom. The Kier molecular flexibility index (Phi) is 3.91. The summed E-state index contributed by atoms with van der Waals surface area (Å²) in [6, 6.07) is 8.23. The van der Waals surface area contributed by atoms with Crippen molar-refractivity contribution in [1.82, 2.24) is 20.3 Å². The largest absolute Gasteiger partial charge is 0.361 e. The van der Waals surface area contributed by atoms with Crippen molar-refractivity contribution >= 4 is 16.8 Å². The first-order chi connectivity index (χ1) is 10.3. The highest BCUT2D eigenvalue weighted by atomic mass is 16.1. The molecule has 0 aliphatic rings. The summed E-state index contributed by atoms with van der Waals surface area (Å²) >= 11 is 0. The van der Waals surface area contributed by atoms with Crippen molar-refractivity contribution in [3.8, 4) is 0 Å². The average Bonchev–Trinajstić information content (AvgIpc) is 2.95. The SMILES string of the molecule is O=C(NCCCc1c[nH]c2ccccc12)c1cncnc1. The molecule has 0 saturated heterocycles. The third kappa shape index (κ3) is 3.08. The van der Waals surface area contributed by atoms with Crippen LogP contribution in [0.3, 0.4) is 0 Å². The van der Waals surface area contributed by atoms with E-state index in [2.05, 4.69) is 32.4 Å². The van der Waals surface area contributed by atoms with Crippen molar-refractivity contribution in [2.75, 3.05) is 6.54 Å². The number of aromatic amines is 1. The monoisotopic (exact) mass is 280 g/mol. The van der Waals surface area contributed by atoms with Gasteiger partial charge in [-0.05, 0) is 24.5 Å². The van der Waals surface area contributed by atoms with Gasteiger partial charge in [0.05, 0.1) is 5.56 Å². The molecule has 106 valence electrons. The minimum absolute atomic E-state index is 0.130. The van der Waals surface area contributed by atoms with E-state index in [4.69, 9.17) is 0 Å². The Balaban J connectivity index is 1.52. The third-order valence-electron chi connectivity index (χ3n) is 3.41. The molecule has 1 aromatic carbocycles. The number of carbonyl (C=O) groups is 1. The number of aromatic nitrogens is 3. The lowest BCUT2D eigenvalue weighted by Crippen LogP contribution is -2.25. The van der Waals surface area contributed by atoms with E-state index in [1.54, 1.807) is 0 Å². The second kappa shape index (κ2) is 6.17. The highest BCUT2D eigenvalue weighted by Gasteiger charge is 2.06. The zero-order valence-electron chi connectivity index (χ0n) is 11.5. The van der Waals surface area contributed by atoms with Gasteiger partial charge in [0.2, 0.25) is 0 Å². The molecule has 2 heterocycles. The van der Waals surface area contributed by atoms with Gasteiger partial charge < -0.3 is 10.3 Å². The van der Waals surface area contributed by atoms with Gasteiger partial charge >= 0.3 is 0 Å². The van der Waals surface area contributed by atoms with Crippen LogP contribution >= 0.6 is 0 Å². The van der Waals surface area contributed by atoms with Crippen molar-refractivity contribution in [3.05, 3.63) is 60.3 Å². The van der Waals surface area contributed by atoms with Gasteiger partial charge in [0.25, 0.3) is 5.91 Å². The molecule has 3 rings (SSSR count). The molecule has 21 heavy (non-hydrogen) atoms. The Bertz CT molecular complexity index is 736. The van der Waals surface area contributed by atoms with Gasteiger partial charge in [-0.25, -0.2) is 9.97 Å². The molecule has 2 aromatic heterocycles. The number of nitrogens with zero attached hydrogens (tertiary/aromatic N) is 2. The highest BCUT2D eigenvalue weighted by Crippen LogP contribution is 2.18. The Hall–Kier alpha value is -2.69. The van der Waals surface area contributed by atoms with Gasteiger partial charge in [-0.2, -0.15) is 0 Å². The van der Waals surface area contributed by atoms with Gasteiger partial charge in [0, 0.05) is 36.0 Å². The number of para-hydroxylation sites is 1. The first-order valence-electron chi connectivity index (χ1n) is 6.93.